The molecule has 0 aromatic heterocycles. The molecule has 156 valence electrons. The fraction of sp³-hybridized carbons (Fsp3) is 0.263. The number of ether oxygens (including phenoxy) is 1. The molecule has 0 saturated carbocycles. The van der Waals surface area contributed by atoms with Crippen molar-refractivity contribution in [2.75, 3.05) is 26.0 Å². The van der Waals surface area contributed by atoms with E-state index in [-0.39, 0.29) is 27.1 Å². The molecule has 2 amide bonds. The van der Waals surface area contributed by atoms with Gasteiger partial charge in [-0.15, -0.1) is 0 Å². The summed E-state index contributed by atoms with van der Waals surface area (Å²) in [6.45, 7) is 2.47. The number of carbonyl (C=O) groups is 2. The Labute approximate surface area is 174 Å². The van der Waals surface area contributed by atoms with Gasteiger partial charge < -0.3 is 15.4 Å². The van der Waals surface area contributed by atoms with Crippen LogP contribution in [0.3, 0.4) is 0 Å². The SMILES string of the molecule is CCCNC(=O)c1ccc(NC(=O)c2ccc(OC)c(S(=O)(=O)NC)c2)cc1Cl. The van der Waals surface area contributed by atoms with Crippen LogP contribution in [0.5, 0.6) is 5.75 Å². The van der Waals surface area contributed by atoms with Crippen LogP contribution in [0.15, 0.2) is 41.3 Å². The van der Waals surface area contributed by atoms with Gasteiger partial charge in [-0.1, -0.05) is 18.5 Å². The van der Waals surface area contributed by atoms with Crippen LogP contribution < -0.4 is 20.1 Å². The fourth-order valence-corrected chi connectivity index (χ4v) is 3.64. The van der Waals surface area contributed by atoms with E-state index in [0.29, 0.717) is 17.8 Å². The van der Waals surface area contributed by atoms with Crippen molar-refractivity contribution in [1.82, 2.24) is 10.0 Å². The number of anilines is 1. The van der Waals surface area contributed by atoms with Crippen LogP contribution in [0.4, 0.5) is 5.69 Å². The number of methoxy groups -OCH3 is 1. The summed E-state index contributed by atoms with van der Waals surface area (Å²) in [5, 5.41) is 5.54. The smallest absolute Gasteiger partial charge is 0.255 e. The fourth-order valence-electron chi connectivity index (χ4n) is 2.45. The highest BCUT2D eigenvalue weighted by Gasteiger charge is 2.20. The van der Waals surface area contributed by atoms with Gasteiger partial charge in [-0.2, -0.15) is 0 Å². The van der Waals surface area contributed by atoms with Gasteiger partial charge in [0.15, 0.2) is 0 Å². The lowest BCUT2D eigenvalue weighted by atomic mass is 10.1. The van der Waals surface area contributed by atoms with Crippen LogP contribution in [0.1, 0.15) is 34.1 Å². The van der Waals surface area contributed by atoms with E-state index in [4.69, 9.17) is 16.3 Å². The third-order valence-corrected chi connectivity index (χ3v) is 5.74. The first kappa shape index (κ1) is 22.7. The van der Waals surface area contributed by atoms with Crippen LogP contribution in [0, 0.1) is 0 Å². The Morgan fingerprint density at radius 1 is 1.10 bits per heavy atom. The summed E-state index contributed by atoms with van der Waals surface area (Å²) in [6.07, 6.45) is 0.796. The average molecular weight is 440 g/mol. The van der Waals surface area contributed by atoms with Crippen molar-refractivity contribution < 1.29 is 22.7 Å². The molecule has 0 aliphatic carbocycles. The number of hydrogen-bond donors (Lipinski definition) is 3. The molecular formula is C19H22ClN3O5S. The molecular weight excluding hydrogens is 418 g/mol. The summed E-state index contributed by atoms with van der Waals surface area (Å²) in [6, 6.07) is 8.56. The monoisotopic (exact) mass is 439 g/mol. The number of hydrogen-bond acceptors (Lipinski definition) is 5. The first-order valence-electron chi connectivity index (χ1n) is 8.74. The zero-order valence-electron chi connectivity index (χ0n) is 16.2. The van der Waals surface area contributed by atoms with Crippen molar-refractivity contribution in [2.24, 2.45) is 0 Å². The Hall–Kier alpha value is -2.62. The summed E-state index contributed by atoms with van der Waals surface area (Å²) >= 11 is 6.16. The molecule has 2 aromatic rings. The van der Waals surface area contributed by atoms with Gasteiger partial charge in [0.2, 0.25) is 10.0 Å². The molecule has 2 rings (SSSR count). The van der Waals surface area contributed by atoms with Crippen molar-refractivity contribution in [2.45, 2.75) is 18.2 Å². The van der Waals surface area contributed by atoms with Crippen LogP contribution in [-0.4, -0.2) is 40.9 Å². The molecule has 0 bridgehead atoms. The lowest BCUT2D eigenvalue weighted by molar-refractivity contribution is 0.0953. The number of carbonyl (C=O) groups excluding carboxylic acids is 2. The molecule has 8 nitrogen and oxygen atoms in total. The molecule has 0 heterocycles. The number of benzene rings is 2. The Bertz CT molecular complexity index is 1020. The minimum absolute atomic E-state index is 0.112. The predicted octanol–water partition coefficient (Wildman–Crippen LogP) is 2.65. The van der Waals surface area contributed by atoms with E-state index >= 15 is 0 Å². The predicted molar refractivity (Wildman–Crippen MR) is 111 cm³/mol. The Balaban J connectivity index is 2.25. The molecule has 3 N–H and O–H groups in total. The first-order chi connectivity index (χ1) is 13.7. The zero-order chi connectivity index (χ0) is 21.6. The molecule has 0 atom stereocenters. The number of sulfonamides is 1. The maximum absolute atomic E-state index is 12.6. The van der Waals surface area contributed by atoms with Gasteiger partial charge in [0, 0.05) is 17.8 Å². The molecule has 0 aliphatic heterocycles. The van der Waals surface area contributed by atoms with Gasteiger partial charge in [0.05, 0.1) is 17.7 Å². The Kier molecular flexibility index (Phi) is 7.60. The van der Waals surface area contributed by atoms with Gasteiger partial charge in [-0.25, -0.2) is 13.1 Å². The van der Waals surface area contributed by atoms with Crippen molar-refractivity contribution in [3.05, 3.63) is 52.5 Å². The molecule has 0 radical (unpaired) electrons. The molecule has 0 spiro atoms. The van der Waals surface area contributed by atoms with Gasteiger partial charge >= 0.3 is 0 Å². The number of halogens is 1. The lowest BCUT2D eigenvalue weighted by Gasteiger charge is -2.12. The van der Waals surface area contributed by atoms with Gasteiger partial charge in [0.25, 0.3) is 11.8 Å². The van der Waals surface area contributed by atoms with Gasteiger partial charge in [0.1, 0.15) is 10.6 Å². The molecule has 10 heteroatoms. The molecule has 0 unspecified atom stereocenters. The van der Waals surface area contributed by atoms with Crippen LogP contribution in [-0.2, 0) is 10.0 Å². The van der Waals surface area contributed by atoms with Crippen molar-refractivity contribution >= 4 is 39.1 Å². The van der Waals surface area contributed by atoms with E-state index < -0.39 is 15.9 Å². The molecule has 0 fully saturated rings. The molecule has 2 aromatic carbocycles. The highest BCUT2D eigenvalue weighted by atomic mass is 35.5. The standard InChI is InChI=1S/C19H22ClN3O5S/c1-4-9-22-19(25)14-7-6-13(11-15(14)20)23-18(24)12-5-8-16(28-3)17(10-12)29(26,27)21-2/h5-8,10-11,21H,4,9H2,1-3H3,(H,22,25)(H,23,24). The van der Waals surface area contributed by atoms with Crippen molar-refractivity contribution in [1.29, 1.82) is 0 Å². The van der Waals surface area contributed by atoms with Gasteiger partial charge in [-0.3, -0.25) is 9.59 Å². The summed E-state index contributed by atoms with van der Waals surface area (Å²) in [4.78, 5) is 24.4. The number of rotatable bonds is 8. The normalized spacial score (nSPS) is 11.0. The van der Waals surface area contributed by atoms with Crippen LogP contribution in [0.2, 0.25) is 5.02 Å². The Morgan fingerprint density at radius 2 is 1.83 bits per heavy atom. The van der Waals surface area contributed by atoms with E-state index in [1.165, 1.54) is 44.5 Å². The second-order valence-corrected chi connectivity index (χ2v) is 8.24. The number of nitrogens with one attached hydrogen (secondary N) is 3. The van der Waals surface area contributed by atoms with Crippen LogP contribution in [0.25, 0.3) is 0 Å². The minimum atomic E-state index is -3.82. The average Bonchev–Trinajstić information content (AvgIpc) is 2.71. The quantitative estimate of drug-likeness (QED) is 0.585. The second-order valence-electron chi connectivity index (χ2n) is 5.98. The topological polar surface area (TPSA) is 114 Å². The maximum atomic E-state index is 12.6. The van der Waals surface area contributed by atoms with Crippen molar-refractivity contribution in [3.8, 4) is 5.75 Å². The summed E-state index contributed by atoms with van der Waals surface area (Å²) < 4.78 is 31.6. The number of amides is 2. The summed E-state index contributed by atoms with van der Waals surface area (Å²) in [5.41, 5.74) is 0.770. The van der Waals surface area contributed by atoms with E-state index in [1.54, 1.807) is 6.07 Å². The third kappa shape index (κ3) is 5.47. The molecule has 29 heavy (non-hydrogen) atoms. The lowest BCUT2D eigenvalue weighted by Crippen LogP contribution is -2.24. The Morgan fingerprint density at radius 3 is 2.41 bits per heavy atom. The third-order valence-electron chi connectivity index (χ3n) is 3.99. The first-order valence-corrected chi connectivity index (χ1v) is 10.6. The van der Waals surface area contributed by atoms with Crippen molar-refractivity contribution in [3.63, 3.8) is 0 Å². The second kappa shape index (κ2) is 9.73. The van der Waals surface area contributed by atoms with Crippen LogP contribution >= 0.6 is 11.6 Å². The molecule has 0 aliphatic rings. The summed E-state index contributed by atoms with van der Waals surface area (Å²) in [7, 11) is -1.22. The van der Waals surface area contributed by atoms with E-state index in [9.17, 15) is 18.0 Å². The van der Waals surface area contributed by atoms with E-state index in [0.717, 1.165) is 6.42 Å². The van der Waals surface area contributed by atoms with E-state index in [1.807, 2.05) is 6.92 Å². The minimum Gasteiger partial charge on any atom is -0.495 e. The highest BCUT2D eigenvalue weighted by Crippen LogP contribution is 2.26. The van der Waals surface area contributed by atoms with Gasteiger partial charge in [-0.05, 0) is 49.9 Å². The zero-order valence-corrected chi connectivity index (χ0v) is 17.8. The maximum Gasteiger partial charge on any atom is 0.255 e. The summed E-state index contributed by atoms with van der Waals surface area (Å²) in [5.74, 6) is -0.729. The molecule has 0 saturated heterocycles. The van der Waals surface area contributed by atoms with E-state index in [2.05, 4.69) is 15.4 Å². The largest absolute Gasteiger partial charge is 0.495 e. The highest BCUT2D eigenvalue weighted by molar-refractivity contribution is 7.89.